The summed E-state index contributed by atoms with van der Waals surface area (Å²) in [5.41, 5.74) is 6.61. The third-order valence-electron chi connectivity index (χ3n) is 5.45. The van der Waals surface area contributed by atoms with E-state index in [1.165, 1.54) is 0 Å². The molecule has 0 spiro atoms. The second kappa shape index (κ2) is 9.47. The van der Waals surface area contributed by atoms with E-state index < -0.39 is 6.04 Å². The molecule has 1 aromatic carbocycles. The fourth-order valence-electron chi connectivity index (χ4n) is 3.50. The number of benzene rings is 1. The van der Waals surface area contributed by atoms with Crippen LogP contribution in [-0.2, 0) is 4.79 Å². The number of amides is 2. The minimum Gasteiger partial charge on any atom is -0.454 e. The minimum absolute atomic E-state index is 0. The van der Waals surface area contributed by atoms with Gasteiger partial charge in [-0.15, -0.1) is 12.4 Å². The van der Waals surface area contributed by atoms with Crippen molar-refractivity contribution in [1.82, 2.24) is 9.80 Å². The zero-order valence-corrected chi connectivity index (χ0v) is 17.5. The standard InChI is InChI=1S/C20H29N3O4.ClH/c1-13(2)15(21)8-10-22(3)20(25)16-5-4-9-23(16)19(24)14-6-7-17-18(11-14)27-12-26-17;/h6-7,11,13,15-16H,4-5,8-10,12,21H2,1-3H3;1H. The van der Waals surface area contributed by atoms with Crippen LogP contribution in [0.3, 0.4) is 0 Å². The number of ether oxygens (including phenoxy) is 2. The second-order valence-corrected chi connectivity index (χ2v) is 7.68. The molecule has 0 radical (unpaired) electrons. The minimum atomic E-state index is -0.414. The smallest absolute Gasteiger partial charge is 0.254 e. The van der Waals surface area contributed by atoms with Crippen LogP contribution < -0.4 is 15.2 Å². The van der Waals surface area contributed by atoms with E-state index in [-0.39, 0.29) is 37.1 Å². The number of likely N-dealkylation sites (tertiary alicyclic amines) is 1. The predicted molar refractivity (Wildman–Crippen MR) is 109 cm³/mol. The number of hydrogen-bond acceptors (Lipinski definition) is 5. The van der Waals surface area contributed by atoms with Crippen molar-refractivity contribution in [2.24, 2.45) is 11.7 Å². The van der Waals surface area contributed by atoms with E-state index in [1.807, 2.05) is 0 Å². The monoisotopic (exact) mass is 411 g/mol. The van der Waals surface area contributed by atoms with Crippen molar-refractivity contribution in [3.8, 4) is 11.5 Å². The Labute approximate surface area is 172 Å². The van der Waals surface area contributed by atoms with Gasteiger partial charge in [0.2, 0.25) is 12.7 Å². The number of carbonyl (C=O) groups excluding carboxylic acids is 2. The lowest BCUT2D eigenvalue weighted by Crippen LogP contribution is -2.47. The molecule has 28 heavy (non-hydrogen) atoms. The Kier molecular flexibility index (Phi) is 7.55. The SMILES string of the molecule is CC(C)C(N)CCN(C)C(=O)C1CCCN1C(=O)c1ccc2c(c1)OCO2.Cl. The lowest BCUT2D eigenvalue weighted by atomic mass is 10.0. The molecule has 0 saturated carbocycles. The lowest BCUT2D eigenvalue weighted by Gasteiger charge is -2.29. The molecular formula is C20H30ClN3O4. The van der Waals surface area contributed by atoms with Crippen molar-refractivity contribution in [2.45, 2.75) is 45.2 Å². The Morgan fingerprint density at radius 2 is 2.00 bits per heavy atom. The number of hydrogen-bond donors (Lipinski definition) is 1. The molecule has 1 saturated heterocycles. The van der Waals surface area contributed by atoms with Crippen molar-refractivity contribution in [1.29, 1.82) is 0 Å². The summed E-state index contributed by atoms with van der Waals surface area (Å²) >= 11 is 0. The van der Waals surface area contributed by atoms with Crippen LogP contribution in [0.2, 0.25) is 0 Å². The van der Waals surface area contributed by atoms with Crippen molar-refractivity contribution < 1.29 is 19.1 Å². The van der Waals surface area contributed by atoms with Crippen molar-refractivity contribution in [3.05, 3.63) is 23.8 Å². The molecule has 2 aliphatic heterocycles. The third-order valence-corrected chi connectivity index (χ3v) is 5.45. The summed E-state index contributed by atoms with van der Waals surface area (Å²) in [5, 5.41) is 0. The Bertz CT molecular complexity index is 713. The van der Waals surface area contributed by atoms with Crippen LogP contribution in [0.15, 0.2) is 18.2 Å². The zero-order chi connectivity index (χ0) is 19.6. The third kappa shape index (κ3) is 4.70. The Morgan fingerprint density at radius 1 is 1.29 bits per heavy atom. The summed E-state index contributed by atoms with van der Waals surface area (Å²) in [4.78, 5) is 29.3. The van der Waals surface area contributed by atoms with Gasteiger partial charge in [0.05, 0.1) is 0 Å². The molecule has 2 atom stereocenters. The first-order valence-corrected chi connectivity index (χ1v) is 9.59. The number of nitrogens with two attached hydrogens (primary N) is 1. The highest BCUT2D eigenvalue weighted by molar-refractivity contribution is 5.98. The number of rotatable bonds is 6. The molecule has 2 N–H and O–H groups in total. The van der Waals surface area contributed by atoms with Crippen LogP contribution >= 0.6 is 12.4 Å². The maximum absolute atomic E-state index is 13.0. The fraction of sp³-hybridized carbons (Fsp3) is 0.600. The summed E-state index contributed by atoms with van der Waals surface area (Å²) < 4.78 is 10.7. The summed E-state index contributed by atoms with van der Waals surface area (Å²) in [6, 6.07) is 4.80. The Hall–Kier alpha value is -1.99. The Morgan fingerprint density at radius 3 is 2.71 bits per heavy atom. The van der Waals surface area contributed by atoms with Crippen molar-refractivity contribution >= 4 is 24.2 Å². The van der Waals surface area contributed by atoms with Gasteiger partial charge in [0.1, 0.15) is 6.04 Å². The second-order valence-electron chi connectivity index (χ2n) is 7.68. The van der Waals surface area contributed by atoms with Crippen molar-refractivity contribution in [3.63, 3.8) is 0 Å². The van der Waals surface area contributed by atoms with Gasteiger partial charge in [0.15, 0.2) is 11.5 Å². The van der Waals surface area contributed by atoms with Gasteiger partial charge in [0.25, 0.3) is 5.91 Å². The van der Waals surface area contributed by atoms with Crippen LogP contribution in [0.4, 0.5) is 0 Å². The first-order chi connectivity index (χ1) is 12.9. The molecule has 8 heteroatoms. The van der Waals surface area contributed by atoms with Gasteiger partial charge in [-0.05, 0) is 43.4 Å². The topological polar surface area (TPSA) is 85.1 Å². The summed E-state index contributed by atoms with van der Waals surface area (Å²) in [5.74, 6) is 1.43. The van der Waals surface area contributed by atoms with E-state index in [0.717, 1.165) is 12.8 Å². The van der Waals surface area contributed by atoms with E-state index in [1.54, 1.807) is 35.0 Å². The van der Waals surface area contributed by atoms with Gasteiger partial charge in [-0.1, -0.05) is 13.8 Å². The van der Waals surface area contributed by atoms with Crippen LogP contribution in [0.1, 0.15) is 43.5 Å². The highest BCUT2D eigenvalue weighted by Crippen LogP contribution is 2.33. The number of nitrogens with zero attached hydrogens (tertiary/aromatic N) is 2. The molecule has 3 rings (SSSR count). The average molecular weight is 412 g/mol. The van der Waals surface area contributed by atoms with E-state index in [0.29, 0.717) is 42.5 Å². The first-order valence-electron chi connectivity index (χ1n) is 9.59. The summed E-state index contributed by atoms with van der Waals surface area (Å²) in [7, 11) is 1.79. The van der Waals surface area contributed by atoms with Crippen molar-refractivity contribution in [2.75, 3.05) is 26.9 Å². The van der Waals surface area contributed by atoms with Crippen LogP contribution in [-0.4, -0.2) is 60.6 Å². The molecule has 2 unspecified atom stereocenters. The van der Waals surface area contributed by atoms with E-state index >= 15 is 0 Å². The largest absolute Gasteiger partial charge is 0.454 e. The number of halogens is 1. The average Bonchev–Trinajstić information content (AvgIpc) is 3.32. The predicted octanol–water partition coefficient (Wildman–Crippen LogP) is 2.27. The summed E-state index contributed by atoms with van der Waals surface area (Å²) in [6.07, 6.45) is 2.27. The molecular weight excluding hydrogens is 382 g/mol. The lowest BCUT2D eigenvalue weighted by molar-refractivity contribution is -0.134. The molecule has 2 aliphatic rings. The molecule has 1 aromatic rings. The van der Waals surface area contributed by atoms with Crippen LogP contribution in [0, 0.1) is 5.92 Å². The normalized spacial score (nSPS) is 18.8. The van der Waals surface area contributed by atoms with Gasteiger partial charge in [0, 0.05) is 31.7 Å². The number of likely N-dealkylation sites (N-methyl/N-ethyl adjacent to an activating group) is 1. The molecule has 7 nitrogen and oxygen atoms in total. The molecule has 0 aromatic heterocycles. The Balaban J connectivity index is 0.00000280. The first kappa shape index (κ1) is 22.3. The maximum atomic E-state index is 13.0. The molecule has 0 bridgehead atoms. The van der Waals surface area contributed by atoms with Gasteiger partial charge in [-0.25, -0.2) is 0 Å². The molecule has 156 valence electrons. The van der Waals surface area contributed by atoms with Gasteiger partial charge >= 0.3 is 0 Å². The van der Waals surface area contributed by atoms with Gasteiger partial charge in [-0.2, -0.15) is 0 Å². The van der Waals surface area contributed by atoms with Gasteiger partial charge in [-0.3, -0.25) is 9.59 Å². The van der Waals surface area contributed by atoms with E-state index in [9.17, 15) is 9.59 Å². The van der Waals surface area contributed by atoms with E-state index in [2.05, 4.69) is 13.8 Å². The number of carbonyl (C=O) groups is 2. The van der Waals surface area contributed by atoms with E-state index in [4.69, 9.17) is 15.2 Å². The highest BCUT2D eigenvalue weighted by atomic mass is 35.5. The maximum Gasteiger partial charge on any atom is 0.254 e. The summed E-state index contributed by atoms with van der Waals surface area (Å²) in [6.45, 7) is 5.51. The highest BCUT2D eigenvalue weighted by Gasteiger charge is 2.36. The van der Waals surface area contributed by atoms with Crippen LogP contribution in [0.25, 0.3) is 0 Å². The van der Waals surface area contributed by atoms with Gasteiger partial charge < -0.3 is 25.0 Å². The molecule has 0 aliphatic carbocycles. The molecule has 1 fully saturated rings. The molecule has 2 amide bonds. The molecule has 2 heterocycles. The number of fused-ring (bicyclic) bond motifs is 1. The van der Waals surface area contributed by atoms with Crippen LogP contribution in [0.5, 0.6) is 11.5 Å². The quantitative estimate of drug-likeness (QED) is 0.776. The zero-order valence-electron chi connectivity index (χ0n) is 16.7. The fourth-order valence-corrected chi connectivity index (χ4v) is 3.50.